The van der Waals surface area contributed by atoms with Crippen LogP contribution < -0.4 is 15.9 Å². The molecule has 0 bridgehead atoms. The van der Waals surface area contributed by atoms with Gasteiger partial charge in [-0.25, -0.2) is 23.8 Å². The molecule has 0 fully saturated rings. The van der Waals surface area contributed by atoms with E-state index in [1.807, 2.05) is 30.3 Å². The van der Waals surface area contributed by atoms with E-state index >= 15 is 0 Å². The van der Waals surface area contributed by atoms with Crippen molar-refractivity contribution in [2.75, 3.05) is 5.32 Å². The lowest BCUT2D eigenvalue weighted by Gasteiger charge is -2.06. The number of sulfonamides is 1. The van der Waals surface area contributed by atoms with Gasteiger partial charge in [-0.1, -0.05) is 30.3 Å². The van der Waals surface area contributed by atoms with E-state index in [9.17, 15) is 13.2 Å². The Labute approximate surface area is 134 Å². The molecule has 0 aromatic heterocycles. The second-order valence-corrected chi connectivity index (χ2v) is 6.26. The summed E-state index contributed by atoms with van der Waals surface area (Å²) in [6, 6.07) is 14.4. The fraction of sp³-hybridized carbons (Fsp3) is 0.0667. The molecular formula is C15H16N4O3S. The number of benzene rings is 2. The number of nitrogens with one attached hydrogen (secondary N) is 2. The van der Waals surface area contributed by atoms with Crippen LogP contribution in [-0.2, 0) is 10.0 Å². The Bertz CT molecular complexity index is 816. The van der Waals surface area contributed by atoms with Crippen molar-refractivity contribution in [2.45, 2.75) is 11.8 Å². The minimum atomic E-state index is -3.75. The van der Waals surface area contributed by atoms with Gasteiger partial charge >= 0.3 is 6.03 Å². The van der Waals surface area contributed by atoms with E-state index in [0.29, 0.717) is 11.4 Å². The zero-order valence-electron chi connectivity index (χ0n) is 12.4. The van der Waals surface area contributed by atoms with E-state index in [0.717, 1.165) is 5.56 Å². The first-order chi connectivity index (χ1) is 10.9. The van der Waals surface area contributed by atoms with Crippen LogP contribution >= 0.6 is 0 Å². The highest BCUT2D eigenvalue weighted by Crippen LogP contribution is 2.12. The largest absolute Gasteiger partial charge is 0.339 e. The molecular weight excluding hydrogens is 316 g/mol. The number of hydrogen-bond acceptors (Lipinski definition) is 4. The molecule has 8 heteroatoms. The Kier molecular flexibility index (Phi) is 5.09. The summed E-state index contributed by atoms with van der Waals surface area (Å²) < 4.78 is 22.3. The normalized spacial score (nSPS) is 11.8. The fourth-order valence-corrected chi connectivity index (χ4v) is 2.28. The average Bonchev–Trinajstić information content (AvgIpc) is 2.53. The van der Waals surface area contributed by atoms with Gasteiger partial charge in [0.2, 0.25) is 10.0 Å². The second-order valence-electron chi connectivity index (χ2n) is 4.70. The van der Waals surface area contributed by atoms with Gasteiger partial charge in [0.25, 0.3) is 0 Å². The van der Waals surface area contributed by atoms with Gasteiger partial charge < -0.3 is 5.32 Å². The second kappa shape index (κ2) is 7.03. The first kappa shape index (κ1) is 16.7. The molecule has 2 amide bonds. The Balaban J connectivity index is 1.97. The molecule has 0 spiro atoms. The SMILES string of the molecule is C/C(=N\NC(=O)Nc1ccc(S(N)(=O)=O)cc1)c1ccccc1. The van der Waals surface area contributed by atoms with Crippen LogP contribution in [0.4, 0.5) is 10.5 Å². The highest BCUT2D eigenvalue weighted by molar-refractivity contribution is 7.89. The van der Waals surface area contributed by atoms with Gasteiger partial charge in [-0.3, -0.25) is 0 Å². The molecule has 120 valence electrons. The van der Waals surface area contributed by atoms with Crippen LogP contribution in [0, 0.1) is 0 Å². The number of primary sulfonamides is 1. The third-order valence-corrected chi connectivity index (χ3v) is 3.89. The number of nitrogens with zero attached hydrogens (tertiary/aromatic N) is 1. The summed E-state index contributed by atoms with van der Waals surface area (Å²) in [6.07, 6.45) is 0. The number of carbonyl (C=O) groups is 1. The topological polar surface area (TPSA) is 114 Å². The summed E-state index contributed by atoms with van der Waals surface area (Å²) in [5.74, 6) is 0. The highest BCUT2D eigenvalue weighted by atomic mass is 32.2. The van der Waals surface area contributed by atoms with E-state index < -0.39 is 16.1 Å². The lowest BCUT2D eigenvalue weighted by Crippen LogP contribution is -2.25. The molecule has 7 nitrogen and oxygen atoms in total. The van der Waals surface area contributed by atoms with Crippen LogP contribution in [0.15, 0.2) is 64.6 Å². The minimum Gasteiger partial charge on any atom is -0.307 e. The van der Waals surface area contributed by atoms with Gasteiger partial charge in [0, 0.05) is 5.69 Å². The van der Waals surface area contributed by atoms with E-state index in [1.54, 1.807) is 6.92 Å². The van der Waals surface area contributed by atoms with Crippen LogP contribution in [0.25, 0.3) is 0 Å². The number of carbonyl (C=O) groups excluding carboxylic acids is 1. The van der Waals surface area contributed by atoms with Crippen LogP contribution in [0.1, 0.15) is 12.5 Å². The Morgan fingerprint density at radius 2 is 1.65 bits per heavy atom. The number of hydrazone groups is 1. The van der Waals surface area contributed by atoms with Gasteiger partial charge in [-0.05, 0) is 36.8 Å². The average molecular weight is 332 g/mol. The monoisotopic (exact) mass is 332 g/mol. The standard InChI is InChI=1S/C15H16N4O3S/c1-11(12-5-3-2-4-6-12)18-19-15(20)17-13-7-9-14(10-8-13)23(16,21)22/h2-10H,1H3,(H2,16,21,22)(H2,17,19,20)/b18-11+. The third-order valence-electron chi connectivity index (χ3n) is 2.96. The highest BCUT2D eigenvalue weighted by Gasteiger charge is 2.07. The van der Waals surface area contributed by atoms with Gasteiger partial charge in [-0.2, -0.15) is 5.10 Å². The molecule has 0 aliphatic heterocycles. The predicted molar refractivity (Wildman–Crippen MR) is 88.6 cm³/mol. The van der Waals surface area contributed by atoms with Crippen LogP contribution in [0.5, 0.6) is 0 Å². The zero-order chi connectivity index (χ0) is 16.9. The van der Waals surface area contributed by atoms with Crippen molar-refractivity contribution in [3.05, 3.63) is 60.2 Å². The molecule has 0 atom stereocenters. The van der Waals surface area contributed by atoms with Crippen molar-refractivity contribution in [2.24, 2.45) is 10.2 Å². The Morgan fingerprint density at radius 3 is 2.22 bits per heavy atom. The molecule has 2 rings (SSSR count). The van der Waals surface area contributed by atoms with Crippen LogP contribution in [0.3, 0.4) is 0 Å². The Morgan fingerprint density at radius 1 is 1.04 bits per heavy atom. The maximum atomic E-state index is 11.8. The first-order valence-corrected chi connectivity index (χ1v) is 8.20. The smallest absolute Gasteiger partial charge is 0.307 e. The number of urea groups is 1. The molecule has 0 unspecified atom stereocenters. The van der Waals surface area contributed by atoms with Crippen LogP contribution in [-0.4, -0.2) is 20.2 Å². The summed E-state index contributed by atoms with van der Waals surface area (Å²) in [7, 11) is -3.75. The summed E-state index contributed by atoms with van der Waals surface area (Å²) in [5, 5.41) is 11.5. The van der Waals surface area contributed by atoms with Crippen molar-refractivity contribution in [1.29, 1.82) is 0 Å². The van der Waals surface area contributed by atoms with Crippen molar-refractivity contribution in [3.63, 3.8) is 0 Å². The molecule has 23 heavy (non-hydrogen) atoms. The Hall–Kier alpha value is -2.71. The van der Waals surface area contributed by atoms with Gasteiger partial charge in [0.05, 0.1) is 10.6 Å². The molecule has 2 aromatic carbocycles. The lowest BCUT2D eigenvalue weighted by molar-refractivity contribution is 0.252. The fourth-order valence-electron chi connectivity index (χ4n) is 1.77. The molecule has 0 aliphatic rings. The lowest BCUT2D eigenvalue weighted by atomic mass is 10.1. The van der Waals surface area contributed by atoms with E-state index in [1.165, 1.54) is 24.3 Å². The quantitative estimate of drug-likeness (QED) is 0.586. The summed E-state index contributed by atoms with van der Waals surface area (Å²) >= 11 is 0. The third kappa shape index (κ3) is 4.90. The number of amides is 2. The zero-order valence-corrected chi connectivity index (χ0v) is 13.2. The van der Waals surface area contributed by atoms with Gasteiger partial charge in [0.1, 0.15) is 0 Å². The molecule has 4 N–H and O–H groups in total. The summed E-state index contributed by atoms with van der Waals surface area (Å²) in [4.78, 5) is 11.7. The molecule has 0 radical (unpaired) electrons. The maximum absolute atomic E-state index is 11.8. The maximum Gasteiger partial charge on any atom is 0.339 e. The molecule has 0 saturated heterocycles. The first-order valence-electron chi connectivity index (χ1n) is 6.66. The van der Waals surface area contributed by atoms with E-state index in [4.69, 9.17) is 5.14 Å². The van der Waals surface area contributed by atoms with Crippen molar-refractivity contribution < 1.29 is 13.2 Å². The van der Waals surface area contributed by atoms with Crippen molar-refractivity contribution >= 4 is 27.5 Å². The number of hydrogen-bond donors (Lipinski definition) is 3. The molecule has 2 aromatic rings. The number of anilines is 1. The van der Waals surface area contributed by atoms with Gasteiger partial charge in [-0.15, -0.1) is 0 Å². The van der Waals surface area contributed by atoms with Crippen LogP contribution in [0.2, 0.25) is 0 Å². The molecule has 0 heterocycles. The van der Waals surface area contributed by atoms with Crippen molar-refractivity contribution in [1.82, 2.24) is 5.43 Å². The molecule has 0 saturated carbocycles. The van der Waals surface area contributed by atoms with E-state index in [2.05, 4.69) is 15.8 Å². The minimum absolute atomic E-state index is 0.0265. The van der Waals surface area contributed by atoms with Gasteiger partial charge in [0.15, 0.2) is 0 Å². The van der Waals surface area contributed by atoms with E-state index in [-0.39, 0.29) is 4.90 Å². The molecule has 0 aliphatic carbocycles. The van der Waals surface area contributed by atoms with Crippen molar-refractivity contribution in [3.8, 4) is 0 Å². The predicted octanol–water partition coefficient (Wildman–Crippen LogP) is 1.88. The summed E-state index contributed by atoms with van der Waals surface area (Å²) in [6.45, 7) is 1.77. The number of rotatable bonds is 4. The number of nitrogens with two attached hydrogens (primary N) is 1. The summed E-state index contributed by atoms with van der Waals surface area (Å²) in [5.41, 5.74) is 4.34.